The van der Waals surface area contributed by atoms with Gasteiger partial charge >= 0.3 is 5.63 Å². The monoisotopic (exact) mass is 389 g/mol. The van der Waals surface area contributed by atoms with Crippen LogP contribution in [-0.4, -0.2) is 22.8 Å². The second-order valence-corrected chi connectivity index (χ2v) is 6.54. The van der Waals surface area contributed by atoms with Gasteiger partial charge in [-0.05, 0) is 24.6 Å². The third-order valence-electron chi connectivity index (χ3n) is 4.76. The Labute approximate surface area is 166 Å². The molecule has 146 valence electrons. The lowest BCUT2D eigenvalue weighted by Gasteiger charge is -2.16. The fraction of sp³-hybridized carbons (Fsp3) is 0.136. The van der Waals surface area contributed by atoms with Crippen molar-refractivity contribution in [3.05, 3.63) is 88.4 Å². The van der Waals surface area contributed by atoms with E-state index < -0.39 is 11.5 Å². The number of anilines is 1. The number of benzene rings is 2. The Hall–Kier alpha value is -3.87. The van der Waals surface area contributed by atoms with Crippen LogP contribution in [0.5, 0.6) is 5.75 Å². The lowest BCUT2D eigenvalue weighted by Crippen LogP contribution is -2.19. The summed E-state index contributed by atoms with van der Waals surface area (Å²) in [6, 6.07) is 17.7. The minimum Gasteiger partial charge on any atom is -0.497 e. The normalized spacial score (nSPS) is 11.9. The summed E-state index contributed by atoms with van der Waals surface area (Å²) in [4.78, 5) is 24.9. The first-order chi connectivity index (χ1) is 14.1. The van der Waals surface area contributed by atoms with Gasteiger partial charge in [0.1, 0.15) is 17.2 Å². The van der Waals surface area contributed by atoms with E-state index in [2.05, 4.69) is 10.4 Å². The average Bonchev–Trinajstić information content (AvgIpc) is 3.20. The Morgan fingerprint density at radius 3 is 2.69 bits per heavy atom. The standard InChI is InChI=1S/C22H19N3O4/c1-14(15-6-4-3-5-7-15)25-20(10-11-23-25)24-22(27)18-13-21(26)29-19-12-16(28-2)8-9-17(18)19/h3-14H,1-2H3,(H,24,27). The molecule has 0 saturated heterocycles. The molecule has 4 aromatic rings. The number of amides is 1. The molecular weight excluding hydrogens is 370 g/mol. The van der Waals surface area contributed by atoms with E-state index in [4.69, 9.17) is 9.15 Å². The summed E-state index contributed by atoms with van der Waals surface area (Å²) in [7, 11) is 1.52. The van der Waals surface area contributed by atoms with Crippen molar-refractivity contribution >= 4 is 22.7 Å². The Balaban J connectivity index is 1.68. The molecule has 0 spiro atoms. The predicted octanol–water partition coefficient (Wildman–Crippen LogP) is 3.86. The van der Waals surface area contributed by atoms with Crippen LogP contribution in [0.15, 0.2) is 76.1 Å². The minimum atomic E-state index is -0.609. The summed E-state index contributed by atoms with van der Waals surface area (Å²) in [6.45, 7) is 2.00. The van der Waals surface area contributed by atoms with E-state index in [-0.39, 0.29) is 17.2 Å². The summed E-state index contributed by atoms with van der Waals surface area (Å²) >= 11 is 0. The Morgan fingerprint density at radius 1 is 1.14 bits per heavy atom. The van der Waals surface area contributed by atoms with Crippen LogP contribution in [0.1, 0.15) is 28.9 Å². The first-order valence-electron chi connectivity index (χ1n) is 9.08. The average molecular weight is 389 g/mol. The van der Waals surface area contributed by atoms with Crippen LogP contribution in [0.4, 0.5) is 5.82 Å². The van der Waals surface area contributed by atoms with Gasteiger partial charge in [-0.3, -0.25) is 4.79 Å². The van der Waals surface area contributed by atoms with Gasteiger partial charge in [-0.1, -0.05) is 30.3 Å². The van der Waals surface area contributed by atoms with E-state index in [0.29, 0.717) is 17.0 Å². The largest absolute Gasteiger partial charge is 0.497 e. The maximum atomic E-state index is 13.0. The zero-order valence-electron chi connectivity index (χ0n) is 16.0. The Kier molecular flexibility index (Phi) is 4.87. The highest BCUT2D eigenvalue weighted by molar-refractivity contribution is 6.11. The van der Waals surface area contributed by atoms with Crippen LogP contribution in [0, 0.1) is 0 Å². The highest BCUT2D eigenvalue weighted by atomic mass is 16.5. The Bertz CT molecular complexity index is 1230. The lowest BCUT2D eigenvalue weighted by molar-refractivity contribution is 0.102. The molecule has 0 aliphatic heterocycles. The van der Waals surface area contributed by atoms with E-state index in [1.807, 2.05) is 37.3 Å². The third kappa shape index (κ3) is 3.62. The van der Waals surface area contributed by atoms with Crippen molar-refractivity contribution in [1.82, 2.24) is 9.78 Å². The van der Waals surface area contributed by atoms with Crippen LogP contribution < -0.4 is 15.7 Å². The molecule has 0 aliphatic rings. The van der Waals surface area contributed by atoms with Gasteiger partial charge in [-0.25, -0.2) is 9.48 Å². The molecular formula is C22H19N3O4. The maximum absolute atomic E-state index is 13.0. The first kappa shape index (κ1) is 18.5. The number of hydrogen-bond donors (Lipinski definition) is 1. The van der Waals surface area contributed by atoms with E-state index in [0.717, 1.165) is 5.56 Å². The second kappa shape index (κ2) is 7.63. The van der Waals surface area contributed by atoms with Gasteiger partial charge < -0.3 is 14.5 Å². The van der Waals surface area contributed by atoms with Crippen LogP contribution in [0.25, 0.3) is 11.0 Å². The van der Waals surface area contributed by atoms with Crippen molar-refractivity contribution in [2.45, 2.75) is 13.0 Å². The highest BCUT2D eigenvalue weighted by Crippen LogP contribution is 2.25. The fourth-order valence-corrected chi connectivity index (χ4v) is 3.24. The van der Waals surface area contributed by atoms with Crippen molar-refractivity contribution < 1.29 is 13.9 Å². The van der Waals surface area contributed by atoms with E-state index in [9.17, 15) is 9.59 Å². The molecule has 1 unspecified atom stereocenters. The summed E-state index contributed by atoms with van der Waals surface area (Å²) in [5, 5.41) is 7.72. The molecule has 0 fully saturated rings. The highest BCUT2D eigenvalue weighted by Gasteiger charge is 2.18. The van der Waals surface area contributed by atoms with Crippen LogP contribution in [-0.2, 0) is 0 Å². The van der Waals surface area contributed by atoms with E-state index >= 15 is 0 Å². The quantitative estimate of drug-likeness (QED) is 0.524. The van der Waals surface area contributed by atoms with Gasteiger partial charge in [-0.15, -0.1) is 0 Å². The number of nitrogens with one attached hydrogen (secondary N) is 1. The van der Waals surface area contributed by atoms with Gasteiger partial charge in [0, 0.05) is 23.6 Å². The van der Waals surface area contributed by atoms with Gasteiger partial charge in [0.15, 0.2) is 0 Å². The number of hydrogen-bond acceptors (Lipinski definition) is 5. The maximum Gasteiger partial charge on any atom is 0.337 e. The first-order valence-corrected chi connectivity index (χ1v) is 9.08. The number of fused-ring (bicyclic) bond motifs is 1. The molecule has 7 nitrogen and oxygen atoms in total. The van der Waals surface area contributed by atoms with Crippen molar-refractivity contribution in [1.29, 1.82) is 0 Å². The molecule has 0 radical (unpaired) electrons. The van der Waals surface area contributed by atoms with Crippen molar-refractivity contribution in [2.24, 2.45) is 0 Å². The van der Waals surface area contributed by atoms with E-state index in [1.165, 1.54) is 13.2 Å². The molecule has 1 N–H and O–H groups in total. The number of rotatable bonds is 5. The lowest BCUT2D eigenvalue weighted by atomic mass is 10.1. The SMILES string of the molecule is COc1ccc2c(C(=O)Nc3ccnn3C(C)c3ccccc3)cc(=O)oc2c1. The zero-order chi connectivity index (χ0) is 20.4. The summed E-state index contributed by atoms with van der Waals surface area (Å²) in [5.41, 5.74) is 0.957. The van der Waals surface area contributed by atoms with Crippen molar-refractivity contribution in [3.8, 4) is 5.75 Å². The molecule has 4 rings (SSSR count). The van der Waals surface area contributed by atoms with E-state index in [1.54, 1.807) is 35.1 Å². The number of carbonyl (C=O) groups excluding carboxylic acids is 1. The second-order valence-electron chi connectivity index (χ2n) is 6.54. The molecule has 0 saturated carbocycles. The van der Waals surface area contributed by atoms with Gasteiger partial charge in [0.2, 0.25) is 0 Å². The smallest absolute Gasteiger partial charge is 0.337 e. The molecule has 7 heteroatoms. The molecule has 1 amide bonds. The predicted molar refractivity (Wildman–Crippen MR) is 109 cm³/mol. The van der Waals surface area contributed by atoms with Gasteiger partial charge in [-0.2, -0.15) is 5.10 Å². The molecule has 2 aromatic heterocycles. The molecule has 29 heavy (non-hydrogen) atoms. The molecule has 0 aliphatic carbocycles. The molecule has 1 atom stereocenters. The third-order valence-corrected chi connectivity index (χ3v) is 4.76. The molecule has 2 heterocycles. The number of aromatic nitrogens is 2. The van der Waals surface area contributed by atoms with Crippen LogP contribution in [0.2, 0.25) is 0 Å². The number of methoxy groups -OCH3 is 1. The number of carbonyl (C=O) groups is 1. The van der Waals surface area contributed by atoms with Gasteiger partial charge in [0.05, 0.1) is 24.9 Å². The van der Waals surface area contributed by atoms with Crippen LogP contribution >= 0.6 is 0 Å². The molecule has 2 aromatic carbocycles. The number of ether oxygens (including phenoxy) is 1. The fourth-order valence-electron chi connectivity index (χ4n) is 3.24. The topological polar surface area (TPSA) is 86.4 Å². The summed E-state index contributed by atoms with van der Waals surface area (Å²) in [6.07, 6.45) is 1.62. The number of nitrogens with zero attached hydrogens (tertiary/aromatic N) is 2. The summed E-state index contributed by atoms with van der Waals surface area (Å²) in [5.74, 6) is 0.643. The van der Waals surface area contributed by atoms with Gasteiger partial charge in [0.25, 0.3) is 5.91 Å². The summed E-state index contributed by atoms with van der Waals surface area (Å²) < 4.78 is 12.1. The van der Waals surface area contributed by atoms with Crippen LogP contribution in [0.3, 0.4) is 0 Å². The van der Waals surface area contributed by atoms with Crippen molar-refractivity contribution in [3.63, 3.8) is 0 Å². The van der Waals surface area contributed by atoms with Crippen molar-refractivity contribution in [2.75, 3.05) is 12.4 Å². The zero-order valence-corrected chi connectivity index (χ0v) is 16.0. The minimum absolute atomic E-state index is 0.0802. The molecule has 0 bridgehead atoms. The Morgan fingerprint density at radius 2 is 1.93 bits per heavy atom.